The summed E-state index contributed by atoms with van der Waals surface area (Å²) in [6, 6.07) is 18.4. The SMILES string of the molecule is Cc1cc2c(cc1NC(=O)Cc1ccc3ccccc3c1)[C@H](NC1CC1)[C@@H](O)C(C)(C)O2. The van der Waals surface area contributed by atoms with E-state index in [2.05, 4.69) is 34.9 Å². The highest BCUT2D eigenvalue weighted by Crippen LogP contribution is 2.43. The number of rotatable bonds is 5. The molecule has 5 heteroatoms. The minimum absolute atomic E-state index is 0.0624. The van der Waals surface area contributed by atoms with E-state index in [1.807, 2.05) is 51.1 Å². The van der Waals surface area contributed by atoms with Crippen LogP contribution in [0, 0.1) is 6.92 Å². The van der Waals surface area contributed by atoms with Crippen molar-refractivity contribution in [2.75, 3.05) is 5.32 Å². The number of carbonyl (C=O) groups is 1. The summed E-state index contributed by atoms with van der Waals surface area (Å²) in [6.45, 7) is 5.80. The normalized spacial score (nSPS) is 21.6. The van der Waals surface area contributed by atoms with Gasteiger partial charge in [0.2, 0.25) is 5.91 Å². The van der Waals surface area contributed by atoms with Crippen LogP contribution in [0.15, 0.2) is 54.6 Å². The molecule has 3 aromatic carbocycles. The number of ether oxygens (including phenoxy) is 1. The number of hydrogen-bond donors (Lipinski definition) is 3. The van der Waals surface area contributed by atoms with Crippen LogP contribution < -0.4 is 15.4 Å². The Bertz CT molecular complexity index is 1180. The summed E-state index contributed by atoms with van der Waals surface area (Å²) in [5.41, 5.74) is 2.88. The van der Waals surface area contributed by atoms with E-state index in [1.165, 1.54) is 0 Å². The van der Waals surface area contributed by atoms with Crippen molar-refractivity contribution in [1.82, 2.24) is 5.32 Å². The molecule has 1 amide bonds. The number of carbonyl (C=O) groups excluding carboxylic acids is 1. The lowest BCUT2D eigenvalue weighted by Crippen LogP contribution is -2.53. The Morgan fingerprint density at radius 3 is 2.59 bits per heavy atom. The number of amides is 1. The molecule has 3 N–H and O–H groups in total. The lowest BCUT2D eigenvalue weighted by Gasteiger charge is -2.43. The van der Waals surface area contributed by atoms with Crippen molar-refractivity contribution in [2.24, 2.45) is 0 Å². The first kappa shape index (κ1) is 21.0. The summed E-state index contributed by atoms with van der Waals surface area (Å²) in [7, 11) is 0. The summed E-state index contributed by atoms with van der Waals surface area (Å²) in [5, 5.41) is 19.9. The van der Waals surface area contributed by atoms with E-state index in [9.17, 15) is 9.90 Å². The van der Waals surface area contributed by atoms with E-state index in [1.54, 1.807) is 0 Å². The van der Waals surface area contributed by atoms with E-state index in [4.69, 9.17) is 4.74 Å². The van der Waals surface area contributed by atoms with Crippen LogP contribution in [-0.2, 0) is 11.2 Å². The number of fused-ring (bicyclic) bond motifs is 2. The predicted molar refractivity (Wildman–Crippen MR) is 127 cm³/mol. The van der Waals surface area contributed by atoms with Crippen LogP contribution in [0.2, 0.25) is 0 Å². The summed E-state index contributed by atoms with van der Waals surface area (Å²) >= 11 is 0. The standard InChI is InChI=1S/C27H30N2O3/c1-16-12-23-21(25(28-20-10-11-20)26(31)27(2,3)32-23)15-22(16)29-24(30)14-17-8-9-18-6-4-5-7-19(18)13-17/h4-9,12-13,15,20,25-26,28,31H,10-11,14H2,1-3H3,(H,29,30)/t25-,26+/m0/s1. The number of benzene rings is 3. The second-order valence-corrected chi connectivity index (χ2v) is 9.68. The molecule has 2 aliphatic rings. The molecule has 0 aromatic heterocycles. The maximum atomic E-state index is 12.9. The third-order valence-electron chi connectivity index (χ3n) is 6.54. The molecule has 3 aromatic rings. The molecule has 0 unspecified atom stereocenters. The lowest BCUT2D eigenvalue weighted by atomic mass is 9.85. The quantitative estimate of drug-likeness (QED) is 0.551. The molecule has 2 atom stereocenters. The molecule has 5 nitrogen and oxygen atoms in total. The smallest absolute Gasteiger partial charge is 0.228 e. The number of anilines is 1. The molecule has 1 fully saturated rings. The Balaban J connectivity index is 1.39. The largest absolute Gasteiger partial charge is 0.485 e. The summed E-state index contributed by atoms with van der Waals surface area (Å²) in [4.78, 5) is 12.9. The molecular weight excluding hydrogens is 400 g/mol. The second-order valence-electron chi connectivity index (χ2n) is 9.68. The van der Waals surface area contributed by atoms with E-state index < -0.39 is 11.7 Å². The first-order valence-electron chi connectivity index (χ1n) is 11.4. The third-order valence-corrected chi connectivity index (χ3v) is 6.54. The molecule has 1 heterocycles. The number of aryl methyl sites for hydroxylation is 1. The van der Waals surface area contributed by atoms with Gasteiger partial charge < -0.3 is 20.5 Å². The van der Waals surface area contributed by atoms with E-state index in [0.717, 1.165) is 51.7 Å². The first-order chi connectivity index (χ1) is 15.3. The van der Waals surface area contributed by atoms with Gasteiger partial charge in [0.25, 0.3) is 0 Å². The van der Waals surface area contributed by atoms with Crippen molar-refractivity contribution in [3.63, 3.8) is 0 Å². The van der Waals surface area contributed by atoms with Gasteiger partial charge in [-0.1, -0.05) is 42.5 Å². The van der Waals surface area contributed by atoms with Crippen LogP contribution >= 0.6 is 0 Å². The average Bonchev–Trinajstić information content (AvgIpc) is 3.56. The molecule has 0 spiro atoms. The Labute approximate surface area is 188 Å². The van der Waals surface area contributed by atoms with E-state index >= 15 is 0 Å². The van der Waals surface area contributed by atoms with Crippen molar-refractivity contribution in [3.8, 4) is 5.75 Å². The molecule has 5 rings (SSSR count). The van der Waals surface area contributed by atoms with Gasteiger partial charge in [-0.15, -0.1) is 0 Å². The van der Waals surface area contributed by atoms with Crippen molar-refractivity contribution in [1.29, 1.82) is 0 Å². The molecule has 32 heavy (non-hydrogen) atoms. The second kappa shape index (κ2) is 7.91. The zero-order valence-corrected chi connectivity index (χ0v) is 18.8. The molecule has 0 radical (unpaired) electrons. The highest BCUT2D eigenvalue weighted by atomic mass is 16.5. The fourth-order valence-corrected chi connectivity index (χ4v) is 4.49. The minimum atomic E-state index is -0.688. The monoisotopic (exact) mass is 430 g/mol. The highest BCUT2D eigenvalue weighted by Gasteiger charge is 2.44. The molecule has 1 saturated carbocycles. The topological polar surface area (TPSA) is 70.6 Å². The van der Waals surface area contributed by atoms with Crippen molar-refractivity contribution < 1.29 is 14.6 Å². The van der Waals surface area contributed by atoms with Gasteiger partial charge in [0.15, 0.2) is 0 Å². The number of hydrogen-bond acceptors (Lipinski definition) is 4. The third kappa shape index (κ3) is 4.10. The Morgan fingerprint density at radius 2 is 1.84 bits per heavy atom. The van der Waals surface area contributed by atoms with Crippen LogP contribution in [0.5, 0.6) is 5.75 Å². The highest BCUT2D eigenvalue weighted by molar-refractivity contribution is 5.94. The van der Waals surface area contributed by atoms with Crippen LogP contribution in [0.3, 0.4) is 0 Å². The molecule has 1 aliphatic carbocycles. The van der Waals surface area contributed by atoms with Crippen molar-refractivity contribution in [2.45, 2.75) is 63.8 Å². The maximum Gasteiger partial charge on any atom is 0.228 e. The van der Waals surface area contributed by atoms with Gasteiger partial charge in [-0.2, -0.15) is 0 Å². The lowest BCUT2D eigenvalue weighted by molar-refractivity contribution is -0.115. The molecule has 166 valence electrons. The fourth-order valence-electron chi connectivity index (χ4n) is 4.49. The Hall–Kier alpha value is -2.89. The van der Waals surface area contributed by atoms with Gasteiger partial charge in [-0.05, 0) is 67.6 Å². The maximum absolute atomic E-state index is 12.9. The molecule has 0 bridgehead atoms. The fraction of sp³-hybridized carbons (Fsp3) is 0.370. The van der Waals surface area contributed by atoms with Gasteiger partial charge in [-0.3, -0.25) is 4.79 Å². The summed E-state index contributed by atoms with van der Waals surface area (Å²) in [5.74, 6) is 0.705. The van der Waals surface area contributed by atoms with Crippen LogP contribution in [0.1, 0.15) is 49.4 Å². The zero-order chi connectivity index (χ0) is 22.5. The summed E-state index contributed by atoms with van der Waals surface area (Å²) in [6.07, 6.45) is 1.87. The van der Waals surface area contributed by atoms with Crippen molar-refractivity contribution >= 4 is 22.4 Å². The van der Waals surface area contributed by atoms with E-state index in [0.29, 0.717) is 12.5 Å². The van der Waals surface area contributed by atoms with Gasteiger partial charge in [0.05, 0.1) is 12.5 Å². The molecule has 0 saturated heterocycles. The number of aliphatic hydroxyl groups is 1. The Kier molecular flexibility index (Phi) is 5.19. The molecular formula is C27H30N2O3. The number of aliphatic hydroxyl groups excluding tert-OH is 1. The van der Waals surface area contributed by atoms with Crippen LogP contribution in [0.25, 0.3) is 10.8 Å². The van der Waals surface area contributed by atoms with Gasteiger partial charge in [0, 0.05) is 17.3 Å². The van der Waals surface area contributed by atoms with Crippen LogP contribution in [-0.4, -0.2) is 28.8 Å². The minimum Gasteiger partial charge on any atom is -0.485 e. The Morgan fingerprint density at radius 1 is 1.09 bits per heavy atom. The van der Waals surface area contributed by atoms with Gasteiger partial charge in [-0.25, -0.2) is 0 Å². The van der Waals surface area contributed by atoms with Gasteiger partial charge in [0.1, 0.15) is 17.5 Å². The first-order valence-corrected chi connectivity index (χ1v) is 11.4. The molecule has 1 aliphatic heterocycles. The van der Waals surface area contributed by atoms with Crippen molar-refractivity contribution in [3.05, 3.63) is 71.3 Å². The summed E-state index contributed by atoms with van der Waals surface area (Å²) < 4.78 is 6.14. The number of nitrogens with one attached hydrogen (secondary N) is 2. The van der Waals surface area contributed by atoms with E-state index in [-0.39, 0.29) is 11.9 Å². The predicted octanol–water partition coefficient (Wildman–Crippen LogP) is 4.65. The van der Waals surface area contributed by atoms with Gasteiger partial charge >= 0.3 is 0 Å². The van der Waals surface area contributed by atoms with Crippen LogP contribution in [0.4, 0.5) is 5.69 Å². The average molecular weight is 431 g/mol. The zero-order valence-electron chi connectivity index (χ0n) is 18.8.